The average Bonchev–Trinajstić information content (AvgIpc) is 2.78. The Morgan fingerprint density at radius 2 is 2.35 bits per heavy atom. The van der Waals surface area contributed by atoms with Crippen LogP contribution in [0.15, 0.2) is 26.9 Å². The van der Waals surface area contributed by atoms with Crippen molar-refractivity contribution in [3.63, 3.8) is 0 Å². The normalized spacial score (nSPS) is 10.5. The Labute approximate surface area is 106 Å². The maximum atomic E-state index is 13.5. The Morgan fingerprint density at radius 3 is 3.00 bits per heavy atom. The third kappa shape index (κ3) is 2.86. The van der Waals surface area contributed by atoms with Gasteiger partial charge in [0.15, 0.2) is 15.9 Å². The number of ether oxygens (including phenoxy) is 1. The summed E-state index contributed by atoms with van der Waals surface area (Å²) in [7, 11) is 0. The number of nitrogen functional groups attached to an aromatic ring is 1. The number of benzene rings is 1. The van der Waals surface area contributed by atoms with Crippen molar-refractivity contribution >= 4 is 28.8 Å². The van der Waals surface area contributed by atoms with Crippen LogP contribution in [0.25, 0.3) is 0 Å². The van der Waals surface area contributed by atoms with E-state index in [0.29, 0.717) is 17.2 Å². The molecule has 90 valence electrons. The first-order valence-electron chi connectivity index (χ1n) is 4.86. The Bertz CT molecular complexity index is 505. The van der Waals surface area contributed by atoms with Gasteiger partial charge in [-0.2, -0.15) is 0 Å². The van der Waals surface area contributed by atoms with Crippen LogP contribution in [-0.4, -0.2) is 16.8 Å². The number of anilines is 1. The van der Waals surface area contributed by atoms with Crippen LogP contribution in [0.4, 0.5) is 10.1 Å². The van der Waals surface area contributed by atoms with Crippen LogP contribution >= 0.6 is 23.1 Å². The van der Waals surface area contributed by atoms with Gasteiger partial charge in [-0.3, -0.25) is 0 Å². The van der Waals surface area contributed by atoms with E-state index >= 15 is 0 Å². The van der Waals surface area contributed by atoms with E-state index in [-0.39, 0.29) is 5.75 Å². The molecule has 4 nitrogen and oxygen atoms in total. The molecule has 0 spiro atoms. The van der Waals surface area contributed by atoms with E-state index < -0.39 is 5.82 Å². The summed E-state index contributed by atoms with van der Waals surface area (Å²) in [6.45, 7) is 2.21. The minimum atomic E-state index is -0.453. The van der Waals surface area contributed by atoms with Gasteiger partial charge in [-0.15, -0.1) is 10.2 Å². The molecule has 2 N–H and O–H groups in total. The summed E-state index contributed by atoms with van der Waals surface area (Å²) >= 11 is 2.74. The van der Waals surface area contributed by atoms with E-state index in [0.717, 1.165) is 4.34 Å². The van der Waals surface area contributed by atoms with Crippen molar-refractivity contribution in [1.29, 1.82) is 0 Å². The molecule has 0 bridgehead atoms. The smallest absolute Gasteiger partial charge is 0.178 e. The SMILES string of the molecule is CCOc1cc(Sc2nncs2)c(N)cc1F. The van der Waals surface area contributed by atoms with Crippen LogP contribution in [0.3, 0.4) is 0 Å². The topological polar surface area (TPSA) is 61.0 Å². The third-order valence-electron chi connectivity index (χ3n) is 1.90. The average molecular weight is 271 g/mol. The summed E-state index contributed by atoms with van der Waals surface area (Å²) in [5.74, 6) is -0.250. The fourth-order valence-electron chi connectivity index (χ4n) is 1.21. The molecular weight excluding hydrogens is 261 g/mol. The summed E-state index contributed by atoms with van der Waals surface area (Å²) in [5, 5.41) is 7.62. The molecule has 0 radical (unpaired) electrons. The number of hydrogen-bond donors (Lipinski definition) is 1. The van der Waals surface area contributed by atoms with Crippen molar-refractivity contribution in [2.75, 3.05) is 12.3 Å². The van der Waals surface area contributed by atoms with E-state index in [1.165, 1.54) is 29.2 Å². The molecule has 0 saturated heterocycles. The monoisotopic (exact) mass is 271 g/mol. The molecule has 2 rings (SSSR count). The van der Waals surface area contributed by atoms with Gasteiger partial charge >= 0.3 is 0 Å². The van der Waals surface area contributed by atoms with Gasteiger partial charge in [0.1, 0.15) is 5.51 Å². The highest BCUT2D eigenvalue weighted by molar-refractivity contribution is 8.01. The molecule has 1 heterocycles. The Morgan fingerprint density at radius 1 is 1.53 bits per heavy atom. The van der Waals surface area contributed by atoms with Crippen LogP contribution in [0.2, 0.25) is 0 Å². The predicted molar refractivity (Wildman–Crippen MR) is 66.0 cm³/mol. The summed E-state index contributed by atoms with van der Waals surface area (Å²) in [4.78, 5) is 0.714. The van der Waals surface area contributed by atoms with Gasteiger partial charge in [0, 0.05) is 16.6 Å². The molecular formula is C10H10FN3OS2. The zero-order chi connectivity index (χ0) is 12.3. The quantitative estimate of drug-likeness (QED) is 0.866. The van der Waals surface area contributed by atoms with Gasteiger partial charge < -0.3 is 10.5 Å². The van der Waals surface area contributed by atoms with E-state index in [4.69, 9.17) is 10.5 Å². The lowest BCUT2D eigenvalue weighted by Gasteiger charge is -2.08. The molecule has 0 saturated carbocycles. The van der Waals surface area contributed by atoms with E-state index in [2.05, 4.69) is 10.2 Å². The van der Waals surface area contributed by atoms with Crippen LogP contribution in [0.5, 0.6) is 5.75 Å². The second-order valence-corrected chi connectivity index (χ2v) is 5.18. The van der Waals surface area contributed by atoms with Crippen molar-refractivity contribution < 1.29 is 9.13 Å². The number of hydrogen-bond acceptors (Lipinski definition) is 6. The van der Waals surface area contributed by atoms with Crippen LogP contribution in [-0.2, 0) is 0 Å². The summed E-state index contributed by atoms with van der Waals surface area (Å²) in [6.07, 6.45) is 0. The zero-order valence-electron chi connectivity index (χ0n) is 9.01. The maximum Gasteiger partial charge on any atom is 0.178 e. The number of nitrogens with zero attached hydrogens (tertiary/aromatic N) is 2. The van der Waals surface area contributed by atoms with E-state index in [9.17, 15) is 4.39 Å². The largest absolute Gasteiger partial charge is 0.491 e. The molecule has 0 aliphatic heterocycles. The third-order valence-corrected chi connectivity index (χ3v) is 3.75. The van der Waals surface area contributed by atoms with Crippen molar-refractivity contribution in [2.45, 2.75) is 16.2 Å². The van der Waals surface area contributed by atoms with Gasteiger partial charge in [-0.05, 0) is 13.0 Å². The minimum absolute atomic E-state index is 0.203. The first-order chi connectivity index (χ1) is 8.20. The first-order valence-corrected chi connectivity index (χ1v) is 6.56. The van der Waals surface area contributed by atoms with E-state index in [1.807, 2.05) is 0 Å². The molecule has 0 amide bonds. The fourth-order valence-corrected chi connectivity index (χ4v) is 2.69. The number of rotatable bonds is 4. The van der Waals surface area contributed by atoms with Gasteiger partial charge in [0.05, 0.1) is 6.61 Å². The lowest BCUT2D eigenvalue weighted by atomic mass is 10.3. The highest BCUT2D eigenvalue weighted by atomic mass is 32.2. The zero-order valence-corrected chi connectivity index (χ0v) is 10.6. The lowest BCUT2D eigenvalue weighted by Crippen LogP contribution is -1.97. The van der Waals surface area contributed by atoms with Crippen LogP contribution in [0.1, 0.15) is 6.92 Å². The summed E-state index contributed by atoms with van der Waals surface area (Å²) < 4.78 is 19.4. The Balaban J connectivity index is 2.29. The van der Waals surface area contributed by atoms with Crippen molar-refractivity contribution in [3.05, 3.63) is 23.5 Å². The van der Waals surface area contributed by atoms with Crippen molar-refractivity contribution in [3.8, 4) is 5.75 Å². The number of nitrogens with two attached hydrogens (primary N) is 1. The second-order valence-electron chi connectivity index (χ2n) is 3.06. The number of aromatic nitrogens is 2. The summed E-state index contributed by atoms with van der Waals surface area (Å²) in [6, 6.07) is 2.84. The molecule has 0 aliphatic carbocycles. The standard InChI is InChI=1S/C10H10FN3OS2/c1-2-15-8-4-9(7(12)3-6(8)11)17-10-14-13-5-16-10/h3-5H,2,12H2,1H3. The molecule has 0 atom stereocenters. The second kappa shape index (κ2) is 5.33. The van der Waals surface area contributed by atoms with Crippen LogP contribution < -0.4 is 10.5 Å². The predicted octanol–water partition coefficient (Wildman–Crippen LogP) is 2.81. The van der Waals surface area contributed by atoms with Gasteiger partial charge in [-0.1, -0.05) is 23.1 Å². The molecule has 1 aromatic carbocycles. The summed E-state index contributed by atoms with van der Waals surface area (Å²) in [5.41, 5.74) is 7.74. The lowest BCUT2D eigenvalue weighted by molar-refractivity contribution is 0.321. The molecule has 0 fully saturated rings. The van der Waals surface area contributed by atoms with Gasteiger partial charge in [0.2, 0.25) is 0 Å². The molecule has 0 unspecified atom stereocenters. The number of halogens is 1. The highest BCUT2D eigenvalue weighted by Crippen LogP contribution is 2.36. The van der Waals surface area contributed by atoms with Crippen LogP contribution in [0, 0.1) is 5.82 Å². The maximum absolute atomic E-state index is 13.5. The fraction of sp³-hybridized carbons (Fsp3) is 0.200. The highest BCUT2D eigenvalue weighted by Gasteiger charge is 2.11. The first kappa shape index (κ1) is 12.1. The minimum Gasteiger partial charge on any atom is -0.491 e. The van der Waals surface area contributed by atoms with Gasteiger partial charge in [0.25, 0.3) is 0 Å². The van der Waals surface area contributed by atoms with Gasteiger partial charge in [-0.25, -0.2) is 4.39 Å². The van der Waals surface area contributed by atoms with E-state index in [1.54, 1.807) is 18.5 Å². The molecule has 1 aromatic heterocycles. The molecule has 2 aromatic rings. The molecule has 0 aliphatic rings. The van der Waals surface area contributed by atoms with Crippen molar-refractivity contribution in [2.24, 2.45) is 0 Å². The Hall–Kier alpha value is -1.34. The Kier molecular flexibility index (Phi) is 3.80. The molecule has 7 heteroatoms. The van der Waals surface area contributed by atoms with Crippen molar-refractivity contribution in [1.82, 2.24) is 10.2 Å². The molecule has 17 heavy (non-hydrogen) atoms.